The predicted octanol–water partition coefficient (Wildman–Crippen LogP) is 3.73. The Balaban J connectivity index is 2.00. The van der Waals surface area contributed by atoms with Crippen LogP contribution in [0.25, 0.3) is 0 Å². The van der Waals surface area contributed by atoms with E-state index in [4.69, 9.17) is 5.73 Å². The first-order valence-corrected chi connectivity index (χ1v) is 7.26. The molecule has 112 valence electrons. The van der Waals surface area contributed by atoms with Gasteiger partial charge < -0.3 is 5.73 Å². The van der Waals surface area contributed by atoms with Gasteiger partial charge in [-0.25, -0.2) is 0 Å². The molecule has 0 atom stereocenters. The average molecular weight is 301 g/mol. The van der Waals surface area contributed by atoms with Crippen LogP contribution >= 0.6 is 0 Å². The smallest absolute Gasteiger partial charge is 0.195 e. The van der Waals surface area contributed by atoms with Gasteiger partial charge in [0.1, 0.15) is 0 Å². The lowest BCUT2D eigenvalue weighted by molar-refractivity contribution is 0.103. The van der Waals surface area contributed by atoms with Crippen molar-refractivity contribution in [1.29, 1.82) is 0 Å². The molecule has 0 saturated carbocycles. The van der Waals surface area contributed by atoms with Crippen molar-refractivity contribution in [3.8, 4) is 0 Å². The number of ketones is 2. The van der Waals surface area contributed by atoms with Gasteiger partial charge in [0.25, 0.3) is 0 Å². The van der Waals surface area contributed by atoms with Crippen LogP contribution in [-0.4, -0.2) is 11.6 Å². The molecule has 0 fully saturated rings. The number of carbonyl (C=O) groups is 2. The molecular weight excluding hydrogens is 286 g/mol. The summed E-state index contributed by atoms with van der Waals surface area (Å²) in [6.07, 6.45) is 0. The van der Waals surface area contributed by atoms with Crippen LogP contribution in [0.2, 0.25) is 0 Å². The molecule has 0 saturated heterocycles. The molecule has 0 aliphatic carbocycles. The van der Waals surface area contributed by atoms with Gasteiger partial charge in [0, 0.05) is 27.9 Å². The second kappa shape index (κ2) is 6.28. The molecule has 0 aliphatic rings. The molecule has 0 bridgehead atoms. The maximum Gasteiger partial charge on any atom is 0.195 e. The number of hydrogen-bond acceptors (Lipinski definition) is 3. The van der Waals surface area contributed by atoms with Crippen LogP contribution in [0.15, 0.2) is 78.9 Å². The number of nitrogen functional groups attached to an aromatic ring is 1. The van der Waals surface area contributed by atoms with Crippen molar-refractivity contribution in [1.82, 2.24) is 0 Å². The first kappa shape index (κ1) is 14.7. The molecule has 0 amide bonds. The van der Waals surface area contributed by atoms with Crippen molar-refractivity contribution in [2.24, 2.45) is 0 Å². The van der Waals surface area contributed by atoms with E-state index in [0.717, 1.165) is 0 Å². The van der Waals surface area contributed by atoms with E-state index in [9.17, 15) is 9.59 Å². The van der Waals surface area contributed by atoms with Crippen molar-refractivity contribution in [3.63, 3.8) is 0 Å². The minimum atomic E-state index is -0.189. The van der Waals surface area contributed by atoms with Gasteiger partial charge in [0.15, 0.2) is 11.6 Å². The highest BCUT2D eigenvalue weighted by atomic mass is 16.1. The molecule has 0 unspecified atom stereocenters. The number of benzene rings is 3. The number of anilines is 1. The zero-order chi connectivity index (χ0) is 16.2. The lowest BCUT2D eigenvalue weighted by Crippen LogP contribution is -2.08. The lowest BCUT2D eigenvalue weighted by atomic mass is 9.96. The first-order chi connectivity index (χ1) is 11.2. The Bertz CT molecular complexity index is 855. The number of rotatable bonds is 4. The fourth-order valence-corrected chi connectivity index (χ4v) is 2.40. The van der Waals surface area contributed by atoms with Crippen molar-refractivity contribution in [2.75, 3.05) is 5.73 Å². The van der Waals surface area contributed by atoms with E-state index in [1.807, 2.05) is 12.1 Å². The van der Waals surface area contributed by atoms with E-state index < -0.39 is 0 Å². The van der Waals surface area contributed by atoms with Gasteiger partial charge in [0.05, 0.1) is 0 Å². The molecule has 0 heterocycles. The summed E-state index contributed by atoms with van der Waals surface area (Å²) in [5.41, 5.74) is 8.22. The van der Waals surface area contributed by atoms with Gasteiger partial charge >= 0.3 is 0 Å². The van der Waals surface area contributed by atoms with Crippen LogP contribution < -0.4 is 5.73 Å². The van der Waals surface area contributed by atoms with E-state index in [-0.39, 0.29) is 11.6 Å². The molecule has 0 aromatic heterocycles. The summed E-state index contributed by atoms with van der Waals surface area (Å²) in [6, 6.07) is 22.7. The highest BCUT2D eigenvalue weighted by molar-refractivity contribution is 6.15. The third-order valence-corrected chi connectivity index (χ3v) is 3.63. The first-order valence-electron chi connectivity index (χ1n) is 7.26. The third-order valence-electron chi connectivity index (χ3n) is 3.63. The lowest BCUT2D eigenvalue weighted by Gasteiger charge is -2.08. The second-order valence-electron chi connectivity index (χ2n) is 5.19. The van der Waals surface area contributed by atoms with Crippen molar-refractivity contribution >= 4 is 17.3 Å². The Labute approximate surface area is 134 Å². The summed E-state index contributed by atoms with van der Waals surface area (Å²) in [5, 5.41) is 0. The Morgan fingerprint density at radius 1 is 0.609 bits per heavy atom. The van der Waals surface area contributed by atoms with Crippen molar-refractivity contribution < 1.29 is 9.59 Å². The highest BCUT2D eigenvalue weighted by Gasteiger charge is 2.16. The van der Waals surface area contributed by atoms with Gasteiger partial charge in [-0.2, -0.15) is 0 Å². The molecule has 3 nitrogen and oxygen atoms in total. The third kappa shape index (κ3) is 3.04. The maximum atomic E-state index is 12.6. The molecule has 3 aromatic rings. The zero-order valence-corrected chi connectivity index (χ0v) is 12.4. The Kier molecular flexibility index (Phi) is 4.02. The van der Waals surface area contributed by atoms with Crippen LogP contribution in [0.4, 0.5) is 5.69 Å². The van der Waals surface area contributed by atoms with Crippen LogP contribution in [0.3, 0.4) is 0 Å². The minimum absolute atomic E-state index is 0.132. The molecule has 0 aliphatic heterocycles. The molecule has 0 radical (unpaired) electrons. The number of hydrogen-bond donors (Lipinski definition) is 1. The molecule has 3 rings (SSSR count). The van der Waals surface area contributed by atoms with Gasteiger partial charge in [0.2, 0.25) is 0 Å². The summed E-state index contributed by atoms with van der Waals surface area (Å²) in [4.78, 5) is 25.1. The molecular formula is C20H15NO2. The summed E-state index contributed by atoms with van der Waals surface area (Å²) in [6.45, 7) is 0. The summed E-state index contributed by atoms with van der Waals surface area (Å²) < 4.78 is 0. The van der Waals surface area contributed by atoms with Gasteiger partial charge in [-0.1, -0.05) is 60.7 Å². The van der Waals surface area contributed by atoms with Crippen LogP contribution in [-0.2, 0) is 0 Å². The maximum absolute atomic E-state index is 12.6. The van der Waals surface area contributed by atoms with Crippen LogP contribution in [0.1, 0.15) is 31.8 Å². The molecule has 0 spiro atoms. The Morgan fingerprint density at radius 3 is 1.70 bits per heavy atom. The summed E-state index contributed by atoms with van der Waals surface area (Å²) in [5.74, 6) is -0.321. The molecule has 3 aromatic carbocycles. The Hall–Kier alpha value is -3.20. The van der Waals surface area contributed by atoms with Gasteiger partial charge in [-0.15, -0.1) is 0 Å². The average Bonchev–Trinajstić information content (AvgIpc) is 2.62. The predicted molar refractivity (Wildman–Crippen MR) is 90.6 cm³/mol. The number of carbonyl (C=O) groups excluding carboxylic acids is 2. The SMILES string of the molecule is Nc1ccc(C(=O)c2ccccc2)cc1C(=O)c1ccccc1. The highest BCUT2D eigenvalue weighted by Crippen LogP contribution is 2.20. The fourth-order valence-electron chi connectivity index (χ4n) is 2.40. The zero-order valence-electron chi connectivity index (χ0n) is 12.4. The van der Waals surface area contributed by atoms with Crippen LogP contribution in [0.5, 0.6) is 0 Å². The second-order valence-corrected chi connectivity index (χ2v) is 5.19. The van der Waals surface area contributed by atoms with E-state index in [0.29, 0.717) is 27.9 Å². The Morgan fingerprint density at radius 2 is 1.13 bits per heavy atom. The van der Waals surface area contributed by atoms with E-state index in [1.54, 1.807) is 66.7 Å². The fraction of sp³-hybridized carbons (Fsp3) is 0. The molecule has 3 heteroatoms. The summed E-state index contributed by atoms with van der Waals surface area (Å²) >= 11 is 0. The molecule has 23 heavy (non-hydrogen) atoms. The van der Waals surface area contributed by atoms with Gasteiger partial charge in [-0.05, 0) is 18.2 Å². The topological polar surface area (TPSA) is 60.2 Å². The van der Waals surface area contributed by atoms with E-state index >= 15 is 0 Å². The standard InChI is InChI=1S/C20H15NO2/c21-18-12-11-16(19(22)14-7-3-1-4-8-14)13-17(18)20(23)15-9-5-2-6-10-15/h1-13H,21H2. The monoisotopic (exact) mass is 301 g/mol. The molecule has 2 N–H and O–H groups in total. The normalized spacial score (nSPS) is 10.3. The van der Waals surface area contributed by atoms with E-state index in [1.165, 1.54) is 0 Å². The minimum Gasteiger partial charge on any atom is -0.398 e. The summed E-state index contributed by atoms with van der Waals surface area (Å²) in [7, 11) is 0. The van der Waals surface area contributed by atoms with Crippen molar-refractivity contribution in [3.05, 3.63) is 101 Å². The number of nitrogens with two attached hydrogens (primary N) is 1. The largest absolute Gasteiger partial charge is 0.398 e. The van der Waals surface area contributed by atoms with E-state index in [2.05, 4.69) is 0 Å². The van der Waals surface area contributed by atoms with Gasteiger partial charge in [-0.3, -0.25) is 9.59 Å². The van der Waals surface area contributed by atoms with Crippen LogP contribution in [0, 0.1) is 0 Å². The van der Waals surface area contributed by atoms with Crippen molar-refractivity contribution in [2.45, 2.75) is 0 Å². The quantitative estimate of drug-likeness (QED) is 0.590.